The van der Waals surface area contributed by atoms with E-state index in [0.29, 0.717) is 25.0 Å². The number of benzene rings is 1. The zero-order valence-electron chi connectivity index (χ0n) is 11.8. The van der Waals surface area contributed by atoms with Gasteiger partial charge in [0.15, 0.2) is 0 Å². The molecule has 0 fully saturated rings. The van der Waals surface area contributed by atoms with Crippen LogP contribution >= 0.6 is 0 Å². The summed E-state index contributed by atoms with van der Waals surface area (Å²) < 4.78 is 27.7. The van der Waals surface area contributed by atoms with Gasteiger partial charge in [0.2, 0.25) is 15.9 Å². The number of unbranched alkanes of at least 4 members (excludes halogenated alkanes) is 2. The average Bonchev–Trinajstić information content (AvgIpc) is 2.42. The molecule has 0 atom stereocenters. The third-order valence-corrected chi connectivity index (χ3v) is 3.66. The van der Waals surface area contributed by atoms with Crippen LogP contribution in [0.2, 0.25) is 0 Å². The fourth-order valence-corrected chi connectivity index (χ4v) is 2.23. The van der Waals surface area contributed by atoms with Crippen LogP contribution in [0.1, 0.15) is 25.7 Å². The maximum atomic E-state index is 11.8. The SMILES string of the molecule is C#CCCCCC(=O)Nc1cc(S(N)(=O)=O)ccc1OC. The van der Waals surface area contributed by atoms with E-state index < -0.39 is 10.0 Å². The zero-order chi connectivity index (χ0) is 15.9. The number of nitrogens with two attached hydrogens (primary N) is 1. The van der Waals surface area contributed by atoms with Crippen molar-refractivity contribution in [3.05, 3.63) is 18.2 Å². The van der Waals surface area contributed by atoms with Crippen LogP contribution in [0, 0.1) is 12.3 Å². The molecular weight excluding hydrogens is 292 g/mol. The first kappa shape index (κ1) is 17.0. The van der Waals surface area contributed by atoms with Crippen LogP contribution in [-0.4, -0.2) is 21.4 Å². The largest absolute Gasteiger partial charge is 0.495 e. The monoisotopic (exact) mass is 310 g/mol. The summed E-state index contributed by atoms with van der Waals surface area (Å²) in [6.45, 7) is 0. The molecule has 0 bridgehead atoms. The maximum Gasteiger partial charge on any atom is 0.238 e. The number of terminal acetylenes is 1. The number of ether oxygens (including phenoxy) is 1. The minimum absolute atomic E-state index is 0.0917. The number of carbonyl (C=O) groups excluding carboxylic acids is 1. The van der Waals surface area contributed by atoms with Crippen molar-refractivity contribution in [3.63, 3.8) is 0 Å². The number of amides is 1. The van der Waals surface area contributed by atoms with Gasteiger partial charge in [0.05, 0.1) is 17.7 Å². The first-order chi connectivity index (χ1) is 9.88. The van der Waals surface area contributed by atoms with Gasteiger partial charge in [0, 0.05) is 12.8 Å². The maximum absolute atomic E-state index is 11.8. The molecule has 0 saturated carbocycles. The molecule has 1 aromatic carbocycles. The number of nitrogens with one attached hydrogen (secondary N) is 1. The van der Waals surface area contributed by atoms with E-state index in [4.69, 9.17) is 16.3 Å². The van der Waals surface area contributed by atoms with Crippen LogP contribution in [0.3, 0.4) is 0 Å². The molecule has 7 heteroatoms. The molecule has 0 saturated heterocycles. The zero-order valence-corrected chi connectivity index (χ0v) is 12.6. The minimum Gasteiger partial charge on any atom is -0.495 e. The minimum atomic E-state index is -3.84. The lowest BCUT2D eigenvalue weighted by Gasteiger charge is -2.11. The molecule has 114 valence electrons. The van der Waals surface area contributed by atoms with Crippen molar-refractivity contribution < 1.29 is 17.9 Å². The molecule has 0 aromatic heterocycles. The van der Waals surface area contributed by atoms with E-state index in [1.807, 2.05) is 0 Å². The van der Waals surface area contributed by atoms with E-state index in [-0.39, 0.29) is 16.5 Å². The van der Waals surface area contributed by atoms with Crippen molar-refractivity contribution in [1.29, 1.82) is 0 Å². The van der Waals surface area contributed by atoms with Crippen LogP contribution in [0.4, 0.5) is 5.69 Å². The van der Waals surface area contributed by atoms with Crippen molar-refractivity contribution >= 4 is 21.6 Å². The standard InChI is InChI=1S/C14H18N2O4S/c1-3-4-5-6-7-14(17)16-12-10-11(21(15,18)19)8-9-13(12)20-2/h1,8-10H,4-7H2,2H3,(H,16,17)(H2,15,18,19). The van der Waals surface area contributed by atoms with E-state index in [1.54, 1.807) is 0 Å². The summed E-state index contributed by atoms with van der Waals surface area (Å²) in [5.74, 6) is 2.62. The van der Waals surface area contributed by atoms with Gasteiger partial charge in [-0.05, 0) is 31.0 Å². The molecule has 0 aliphatic rings. The van der Waals surface area contributed by atoms with Crippen LogP contribution in [0.15, 0.2) is 23.1 Å². The number of sulfonamides is 1. The van der Waals surface area contributed by atoms with Crippen molar-refractivity contribution in [2.75, 3.05) is 12.4 Å². The Hall–Kier alpha value is -2.04. The van der Waals surface area contributed by atoms with Crippen molar-refractivity contribution in [2.24, 2.45) is 5.14 Å². The summed E-state index contributed by atoms with van der Waals surface area (Å²) in [6.07, 6.45) is 7.47. The number of primary sulfonamides is 1. The predicted molar refractivity (Wildman–Crippen MR) is 80.3 cm³/mol. The van der Waals surface area contributed by atoms with E-state index in [2.05, 4.69) is 11.2 Å². The highest BCUT2D eigenvalue weighted by Gasteiger charge is 2.13. The summed E-state index contributed by atoms with van der Waals surface area (Å²) in [7, 11) is -2.41. The molecular formula is C14H18N2O4S. The summed E-state index contributed by atoms with van der Waals surface area (Å²) in [6, 6.07) is 4.03. The quantitative estimate of drug-likeness (QED) is 0.588. The van der Waals surface area contributed by atoms with Gasteiger partial charge < -0.3 is 10.1 Å². The van der Waals surface area contributed by atoms with Crippen LogP contribution in [0.25, 0.3) is 0 Å². The first-order valence-electron chi connectivity index (χ1n) is 6.32. The third kappa shape index (κ3) is 5.45. The average molecular weight is 310 g/mol. The number of rotatable bonds is 7. The van der Waals surface area contributed by atoms with E-state index in [1.165, 1.54) is 25.3 Å². The van der Waals surface area contributed by atoms with E-state index >= 15 is 0 Å². The Balaban J connectivity index is 2.81. The lowest BCUT2D eigenvalue weighted by molar-refractivity contribution is -0.116. The number of carbonyl (C=O) groups is 1. The Morgan fingerprint density at radius 1 is 1.43 bits per heavy atom. The van der Waals surface area contributed by atoms with Crippen molar-refractivity contribution in [2.45, 2.75) is 30.6 Å². The normalized spacial score (nSPS) is 10.7. The number of methoxy groups -OCH3 is 1. The molecule has 0 aliphatic heterocycles. The van der Waals surface area contributed by atoms with Gasteiger partial charge in [0.1, 0.15) is 5.75 Å². The number of anilines is 1. The highest BCUT2D eigenvalue weighted by molar-refractivity contribution is 7.89. The molecule has 21 heavy (non-hydrogen) atoms. The highest BCUT2D eigenvalue weighted by Crippen LogP contribution is 2.27. The Kier molecular flexibility index (Phi) is 6.21. The molecule has 1 aromatic rings. The fraction of sp³-hybridized carbons (Fsp3) is 0.357. The number of hydrogen-bond donors (Lipinski definition) is 2. The number of hydrogen-bond acceptors (Lipinski definition) is 4. The summed E-state index contributed by atoms with van der Waals surface area (Å²) in [4.78, 5) is 11.7. The third-order valence-electron chi connectivity index (χ3n) is 2.75. The van der Waals surface area contributed by atoms with Gasteiger partial charge in [-0.25, -0.2) is 13.6 Å². The molecule has 3 N–H and O–H groups in total. The molecule has 0 unspecified atom stereocenters. The lowest BCUT2D eigenvalue weighted by Crippen LogP contribution is -2.15. The lowest BCUT2D eigenvalue weighted by atomic mass is 10.2. The molecule has 0 heterocycles. The van der Waals surface area contributed by atoms with Crippen molar-refractivity contribution in [3.8, 4) is 18.1 Å². The van der Waals surface area contributed by atoms with Crippen molar-refractivity contribution in [1.82, 2.24) is 0 Å². The molecule has 0 radical (unpaired) electrons. The molecule has 6 nitrogen and oxygen atoms in total. The molecule has 0 aliphatic carbocycles. The predicted octanol–water partition coefficient (Wildman–Crippen LogP) is 1.47. The Morgan fingerprint density at radius 2 is 2.14 bits per heavy atom. The van der Waals surface area contributed by atoms with Gasteiger partial charge in [0.25, 0.3) is 0 Å². The van der Waals surface area contributed by atoms with Crippen LogP contribution in [0.5, 0.6) is 5.75 Å². The topological polar surface area (TPSA) is 98.5 Å². The second kappa shape index (κ2) is 7.67. The second-order valence-corrected chi connectivity index (χ2v) is 5.93. The smallest absolute Gasteiger partial charge is 0.238 e. The Labute approximate surface area is 124 Å². The highest BCUT2D eigenvalue weighted by atomic mass is 32.2. The van der Waals surface area contributed by atoms with Crippen LogP contribution in [-0.2, 0) is 14.8 Å². The van der Waals surface area contributed by atoms with E-state index in [9.17, 15) is 13.2 Å². The van der Waals surface area contributed by atoms with Crippen LogP contribution < -0.4 is 15.2 Å². The summed E-state index contributed by atoms with van der Waals surface area (Å²) >= 11 is 0. The summed E-state index contributed by atoms with van der Waals surface area (Å²) in [5.41, 5.74) is 0.269. The fourth-order valence-electron chi connectivity index (χ4n) is 1.69. The Bertz CT molecular complexity index is 647. The Morgan fingerprint density at radius 3 is 2.71 bits per heavy atom. The molecule has 1 amide bonds. The van der Waals surface area contributed by atoms with Gasteiger partial charge in [-0.3, -0.25) is 4.79 Å². The van der Waals surface area contributed by atoms with Gasteiger partial charge in [-0.15, -0.1) is 12.3 Å². The van der Waals surface area contributed by atoms with E-state index in [0.717, 1.165) is 6.42 Å². The van der Waals surface area contributed by atoms with Gasteiger partial charge in [-0.2, -0.15) is 0 Å². The second-order valence-electron chi connectivity index (χ2n) is 4.37. The van der Waals surface area contributed by atoms with Gasteiger partial charge in [-0.1, -0.05) is 0 Å². The molecule has 0 spiro atoms. The molecule has 1 rings (SSSR count). The summed E-state index contributed by atoms with van der Waals surface area (Å²) in [5, 5.41) is 7.68. The first-order valence-corrected chi connectivity index (χ1v) is 7.87. The van der Waals surface area contributed by atoms with Gasteiger partial charge >= 0.3 is 0 Å².